The fraction of sp³-hybridized carbons (Fsp3) is 0.250. The third kappa shape index (κ3) is 3.78. The van der Waals surface area contributed by atoms with Crippen LogP contribution in [0.4, 0.5) is 0 Å². The molecular weight excluding hydrogens is 207 g/mol. The maximum absolute atomic E-state index is 9.51. The van der Waals surface area contributed by atoms with Crippen LogP contribution >= 0.6 is 22.6 Å². The van der Waals surface area contributed by atoms with E-state index in [0.717, 1.165) is 0 Å². The molecule has 0 fully saturated rings. The molecular formula is C4H5IO2. The molecule has 2 nitrogen and oxygen atoms in total. The topological polar surface area (TPSA) is 26.3 Å². The van der Waals surface area contributed by atoms with E-state index in [1.54, 1.807) is 13.0 Å². The van der Waals surface area contributed by atoms with E-state index in [-0.39, 0.29) is 0 Å². The molecule has 0 saturated heterocycles. The molecule has 0 radical (unpaired) electrons. The first kappa shape index (κ1) is 6.94. The molecule has 0 aliphatic carbocycles. The molecule has 0 aromatic rings. The summed E-state index contributed by atoms with van der Waals surface area (Å²) in [6, 6.07) is 0. The first-order chi connectivity index (χ1) is 3.31. The summed E-state index contributed by atoms with van der Waals surface area (Å²) in [6.07, 6.45) is 1.70. The summed E-state index contributed by atoms with van der Waals surface area (Å²) >= 11 is 1.91. The molecule has 0 aliphatic rings. The zero-order valence-corrected chi connectivity index (χ0v) is 6.01. The van der Waals surface area contributed by atoms with Crippen molar-refractivity contribution >= 4 is 29.1 Å². The minimum Gasteiger partial charge on any atom is -0.423 e. The molecule has 0 saturated carbocycles. The Balaban J connectivity index is 3.36. The predicted molar refractivity (Wildman–Crippen MR) is 34.9 cm³/mol. The molecule has 0 rings (SSSR count). The van der Waals surface area contributed by atoms with Gasteiger partial charge >= 0.3 is 0 Å². The third-order valence-electron chi connectivity index (χ3n) is 0.388. The van der Waals surface area contributed by atoms with Crippen LogP contribution in [0.5, 0.6) is 0 Å². The normalized spacial score (nSPS) is 10.9. The number of halogens is 1. The Bertz CT molecular complexity index is 87.7. The second kappa shape index (κ2) is 4.11. The lowest BCUT2D eigenvalue weighted by Gasteiger charge is -1.87. The van der Waals surface area contributed by atoms with Gasteiger partial charge in [-0.05, 0) is 35.6 Å². The van der Waals surface area contributed by atoms with E-state index in [9.17, 15) is 4.79 Å². The molecule has 0 aromatic carbocycles. The summed E-state index contributed by atoms with van der Waals surface area (Å²) in [6.45, 7) is 2.20. The van der Waals surface area contributed by atoms with Crippen molar-refractivity contribution in [1.29, 1.82) is 0 Å². The lowest BCUT2D eigenvalue weighted by molar-refractivity contribution is -0.124. The van der Waals surface area contributed by atoms with Crippen molar-refractivity contribution in [3.05, 3.63) is 9.84 Å². The van der Waals surface area contributed by atoms with Gasteiger partial charge in [-0.3, -0.25) is 4.79 Å². The fourth-order valence-corrected chi connectivity index (χ4v) is 0.218. The molecule has 0 aliphatic heterocycles. The molecule has 3 heteroatoms. The van der Waals surface area contributed by atoms with Gasteiger partial charge in [0.15, 0.2) is 3.77 Å². The molecule has 0 spiro atoms. The van der Waals surface area contributed by atoms with E-state index in [4.69, 9.17) is 0 Å². The monoisotopic (exact) mass is 212 g/mol. The molecule has 40 valence electrons. The Morgan fingerprint density at radius 2 is 2.43 bits per heavy atom. The van der Waals surface area contributed by atoms with Crippen LogP contribution in [0, 0.1) is 0 Å². The lowest BCUT2D eigenvalue weighted by atomic mass is 10.7. The summed E-state index contributed by atoms with van der Waals surface area (Å²) in [4.78, 5) is 9.51. The van der Waals surface area contributed by atoms with Crippen molar-refractivity contribution in [2.45, 2.75) is 6.92 Å². The Morgan fingerprint density at radius 1 is 1.86 bits per heavy atom. The molecule has 0 amide bonds. The first-order valence-corrected chi connectivity index (χ1v) is 2.81. The van der Waals surface area contributed by atoms with Crippen LogP contribution in [0.1, 0.15) is 6.92 Å². The summed E-state index contributed by atoms with van der Waals surface area (Å²) in [5.41, 5.74) is 0. The minimum absolute atomic E-state index is 0.405. The molecule has 0 aromatic heterocycles. The molecule has 0 bridgehead atoms. The molecule has 0 heterocycles. The van der Waals surface area contributed by atoms with Gasteiger partial charge in [-0.2, -0.15) is 0 Å². The Hall–Kier alpha value is -0.0600. The van der Waals surface area contributed by atoms with E-state index < -0.39 is 0 Å². The van der Waals surface area contributed by atoms with Gasteiger partial charge in [0.1, 0.15) is 0 Å². The van der Waals surface area contributed by atoms with Crippen LogP contribution in [-0.2, 0) is 9.53 Å². The lowest BCUT2D eigenvalue weighted by Crippen LogP contribution is -1.76. The van der Waals surface area contributed by atoms with Gasteiger partial charge in [0, 0.05) is 0 Å². The van der Waals surface area contributed by atoms with Crippen molar-refractivity contribution in [1.82, 2.24) is 0 Å². The summed E-state index contributed by atoms with van der Waals surface area (Å²) in [5, 5.41) is 0. The fourth-order valence-electron chi connectivity index (χ4n) is 0.114. The smallest absolute Gasteiger partial charge is 0.298 e. The van der Waals surface area contributed by atoms with Crippen molar-refractivity contribution in [2.75, 3.05) is 0 Å². The average molecular weight is 212 g/mol. The van der Waals surface area contributed by atoms with Crippen LogP contribution in [0.25, 0.3) is 0 Å². The summed E-state index contributed by atoms with van der Waals surface area (Å²) in [5.74, 6) is 0. The summed E-state index contributed by atoms with van der Waals surface area (Å²) in [7, 11) is 0. The summed E-state index contributed by atoms with van der Waals surface area (Å²) < 4.78 is 4.96. The number of hydrogen-bond acceptors (Lipinski definition) is 2. The Kier molecular flexibility index (Phi) is 4.07. The highest BCUT2D eigenvalue weighted by atomic mass is 127. The second-order valence-electron chi connectivity index (χ2n) is 0.807. The van der Waals surface area contributed by atoms with Crippen molar-refractivity contribution in [3.8, 4) is 0 Å². The Morgan fingerprint density at radius 3 is 2.57 bits per heavy atom. The van der Waals surface area contributed by atoms with Crippen LogP contribution in [-0.4, -0.2) is 6.47 Å². The number of rotatable bonds is 2. The predicted octanol–water partition coefficient (Wildman–Crippen LogP) is 1.46. The molecule has 0 unspecified atom stereocenters. The number of ether oxygens (including phenoxy) is 1. The number of carbonyl (C=O) groups excluding carboxylic acids is 1. The number of carbonyl (C=O) groups is 1. The highest BCUT2D eigenvalue weighted by Gasteiger charge is 1.80. The van der Waals surface area contributed by atoms with Gasteiger partial charge in [-0.15, -0.1) is 0 Å². The van der Waals surface area contributed by atoms with Gasteiger partial charge in [0.2, 0.25) is 0 Å². The highest BCUT2D eigenvalue weighted by molar-refractivity contribution is 14.1. The van der Waals surface area contributed by atoms with Crippen molar-refractivity contribution in [2.24, 2.45) is 0 Å². The quantitative estimate of drug-likeness (QED) is 0.393. The van der Waals surface area contributed by atoms with E-state index in [0.29, 0.717) is 10.2 Å². The number of hydrogen-bond donors (Lipinski definition) is 0. The van der Waals surface area contributed by atoms with Gasteiger partial charge in [0.05, 0.1) is 0 Å². The van der Waals surface area contributed by atoms with Crippen LogP contribution in [0.15, 0.2) is 9.84 Å². The van der Waals surface area contributed by atoms with Crippen LogP contribution in [0.2, 0.25) is 0 Å². The van der Waals surface area contributed by atoms with Crippen LogP contribution < -0.4 is 0 Å². The van der Waals surface area contributed by atoms with Gasteiger partial charge in [-0.1, -0.05) is 0 Å². The highest BCUT2D eigenvalue weighted by Crippen LogP contribution is 2.03. The van der Waals surface area contributed by atoms with Gasteiger partial charge < -0.3 is 4.74 Å². The molecule has 7 heavy (non-hydrogen) atoms. The van der Waals surface area contributed by atoms with Crippen molar-refractivity contribution < 1.29 is 9.53 Å². The molecule has 0 atom stereocenters. The van der Waals surface area contributed by atoms with Gasteiger partial charge in [0.25, 0.3) is 6.47 Å². The zero-order chi connectivity index (χ0) is 5.70. The van der Waals surface area contributed by atoms with Gasteiger partial charge in [-0.25, -0.2) is 0 Å². The number of allylic oxidation sites excluding steroid dienone is 1. The van der Waals surface area contributed by atoms with E-state index in [2.05, 4.69) is 4.74 Å². The average Bonchev–Trinajstić information content (AvgIpc) is 1.68. The van der Waals surface area contributed by atoms with E-state index in [1.807, 2.05) is 22.6 Å². The SMILES string of the molecule is CC=C(I)OC=O. The Labute approximate surface area is 55.7 Å². The van der Waals surface area contributed by atoms with E-state index in [1.165, 1.54) is 0 Å². The zero-order valence-electron chi connectivity index (χ0n) is 3.85. The maximum atomic E-state index is 9.51. The molecule has 0 N–H and O–H groups in total. The first-order valence-electron chi connectivity index (χ1n) is 1.73. The second-order valence-corrected chi connectivity index (χ2v) is 1.87. The standard InChI is InChI=1S/C4H5IO2/c1-2-4(5)7-3-6/h2-3H,1H3. The van der Waals surface area contributed by atoms with Crippen LogP contribution in [0.3, 0.4) is 0 Å². The van der Waals surface area contributed by atoms with E-state index >= 15 is 0 Å². The third-order valence-corrected chi connectivity index (χ3v) is 1.26. The minimum atomic E-state index is 0.405. The largest absolute Gasteiger partial charge is 0.423 e. The van der Waals surface area contributed by atoms with Crippen molar-refractivity contribution in [3.63, 3.8) is 0 Å². The maximum Gasteiger partial charge on any atom is 0.298 e.